The predicted molar refractivity (Wildman–Crippen MR) is 74.5 cm³/mol. The molecule has 3 heteroatoms. The van der Waals surface area contributed by atoms with E-state index in [1.807, 2.05) is 6.92 Å². The first-order valence-corrected chi connectivity index (χ1v) is 7.59. The number of carbonyl (C=O) groups is 1. The van der Waals surface area contributed by atoms with Crippen LogP contribution in [0.3, 0.4) is 0 Å². The molecule has 18 heavy (non-hydrogen) atoms. The third-order valence-electron chi connectivity index (χ3n) is 3.94. The van der Waals surface area contributed by atoms with Crippen LogP contribution in [0.2, 0.25) is 0 Å². The van der Waals surface area contributed by atoms with E-state index >= 15 is 0 Å². The smallest absolute Gasteiger partial charge is 0.307 e. The van der Waals surface area contributed by atoms with Gasteiger partial charge in [-0.1, -0.05) is 26.2 Å². The largest absolute Gasteiger partial charge is 0.466 e. The molecular weight excluding hydrogens is 226 g/mol. The van der Waals surface area contributed by atoms with Gasteiger partial charge >= 0.3 is 5.97 Å². The molecule has 1 fully saturated rings. The second-order valence-corrected chi connectivity index (χ2v) is 5.49. The van der Waals surface area contributed by atoms with E-state index in [2.05, 4.69) is 19.2 Å². The van der Waals surface area contributed by atoms with Crippen molar-refractivity contribution in [3.8, 4) is 0 Å². The maximum atomic E-state index is 11.4. The number of nitrogens with one attached hydrogen (secondary N) is 1. The Bertz CT molecular complexity index is 237. The molecule has 0 amide bonds. The molecular formula is C15H29NO2. The van der Waals surface area contributed by atoms with Crippen LogP contribution >= 0.6 is 0 Å². The topological polar surface area (TPSA) is 38.3 Å². The Labute approximate surface area is 112 Å². The van der Waals surface area contributed by atoms with Gasteiger partial charge in [0.2, 0.25) is 0 Å². The molecule has 2 atom stereocenters. The van der Waals surface area contributed by atoms with Gasteiger partial charge in [0.25, 0.3) is 0 Å². The highest BCUT2D eigenvalue weighted by molar-refractivity contribution is 5.70. The number of ether oxygens (including phenoxy) is 1. The van der Waals surface area contributed by atoms with Gasteiger partial charge in [0, 0.05) is 12.1 Å². The van der Waals surface area contributed by atoms with Crippen molar-refractivity contribution < 1.29 is 9.53 Å². The standard InChI is InChI=1S/C15H29NO2/c1-4-14(13-9-7-6-8-10-13)16-12(3)11-15(17)18-5-2/h12-14,16H,4-11H2,1-3H3. The van der Waals surface area contributed by atoms with Crippen LogP contribution in [0, 0.1) is 5.92 Å². The van der Waals surface area contributed by atoms with Crippen molar-refractivity contribution in [1.82, 2.24) is 5.32 Å². The predicted octanol–water partition coefficient (Wildman–Crippen LogP) is 3.28. The molecule has 0 saturated heterocycles. The molecule has 1 aliphatic rings. The second kappa shape index (κ2) is 8.52. The first kappa shape index (κ1) is 15.5. The van der Waals surface area contributed by atoms with Gasteiger partial charge in [-0.25, -0.2) is 0 Å². The normalized spacial score (nSPS) is 20.4. The van der Waals surface area contributed by atoms with Crippen molar-refractivity contribution in [1.29, 1.82) is 0 Å². The van der Waals surface area contributed by atoms with Gasteiger partial charge in [0.1, 0.15) is 0 Å². The van der Waals surface area contributed by atoms with Crippen molar-refractivity contribution >= 4 is 5.97 Å². The van der Waals surface area contributed by atoms with Crippen LogP contribution in [0.4, 0.5) is 0 Å². The lowest BCUT2D eigenvalue weighted by Crippen LogP contribution is -2.42. The second-order valence-electron chi connectivity index (χ2n) is 5.49. The molecule has 1 N–H and O–H groups in total. The molecule has 3 nitrogen and oxygen atoms in total. The van der Waals surface area contributed by atoms with Crippen LogP contribution in [0.5, 0.6) is 0 Å². The van der Waals surface area contributed by atoms with Crippen molar-refractivity contribution in [2.24, 2.45) is 5.92 Å². The van der Waals surface area contributed by atoms with Crippen LogP contribution in [0.1, 0.15) is 65.7 Å². The summed E-state index contributed by atoms with van der Waals surface area (Å²) >= 11 is 0. The summed E-state index contributed by atoms with van der Waals surface area (Å²) in [6.45, 7) is 6.66. The zero-order valence-corrected chi connectivity index (χ0v) is 12.2. The summed E-state index contributed by atoms with van der Waals surface area (Å²) in [6, 6.07) is 0.783. The van der Waals surface area contributed by atoms with Gasteiger partial charge in [-0.05, 0) is 39.0 Å². The quantitative estimate of drug-likeness (QED) is 0.710. The first-order chi connectivity index (χ1) is 8.67. The minimum atomic E-state index is -0.0870. The van der Waals surface area contributed by atoms with Crippen molar-refractivity contribution in [2.75, 3.05) is 6.61 Å². The summed E-state index contributed by atoms with van der Waals surface area (Å²) in [5.41, 5.74) is 0. The SMILES string of the molecule is CCOC(=O)CC(C)NC(CC)C1CCCCC1. The number of carbonyl (C=O) groups excluding carboxylic acids is 1. The number of rotatable bonds is 7. The summed E-state index contributed by atoms with van der Waals surface area (Å²) in [6.07, 6.45) is 8.46. The Morgan fingerprint density at radius 2 is 1.94 bits per heavy atom. The van der Waals surface area contributed by atoms with Crippen LogP contribution in [-0.2, 0) is 9.53 Å². The monoisotopic (exact) mass is 255 g/mol. The molecule has 1 aliphatic carbocycles. The lowest BCUT2D eigenvalue weighted by atomic mass is 9.82. The van der Waals surface area contributed by atoms with Gasteiger partial charge in [-0.3, -0.25) is 4.79 Å². The lowest BCUT2D eigenvalue weighted by molar-refractivity contribution is -0.143. The number of esters is 1. The fourth-order valence-electron chi connectivity index (χ4n) is 3.02. The summed E-state index contributed by atoms with van der Waals surface area (Å²) in [7, 11) is 0. The van der Waals surface area contributed by atoms with E-state index in [-0.39, 0.29) is 12.0 Å². The van der Waals surface area contributed by atoms with Gasteiger partial charge in [0.05, 0.1) is 13.0 Å². The van der Waals surface area contributed by atoms with E-state index in [1.165, 1.54) is 32.1 Å². The van der Waals surface area contributed by atoms with Crippen LogP contribution in [0.25, 0.3) is 0 Å². The van der Waals surface area contributed by atoms with Gasteiger partial charge < -0.3 is 10.1 Å². The lowest BCUT2D eigenvalue weighted by Gasteiger charge is -2.32. The third kappa shape index (κ3) is 5.38. The molecule has 0 bridgehead atoms. The Morgan fingerprint density at radius 3 is 2.50 bits per heavy atom. The van der Waals surface area contributed by atoms with E-state index in [1.54, 1.807) is 0 Å². The third-order valence-corrected chi connectivity index (χ3v) is 3.94. The zero-order valence-electron chi connectivity index (χ0n) is 12.2. The molecule has 106 valence electrons. The van der Waals surface area contributed by atoms with Crippen LogP contribution < -0.4 is 5.32 Å². The summed E-state index contributed by atoms with van der Waals surface area (Å²) in [4.78, 5) is 11.4. The molecule has 0 aromatic heterocycles. The van der Waals surface area contributed by atoms with Crippen molar-refractivity contribution in [3.05, 3.63) is 0 Å². The van der Waals surface area contributed by atoms with Gasteiger partial charge in [-0.2, -0.15) is 0 Å². The minimum absolute atomic E-state index is 0.0870. The highest BCUT2D eigenvalue weighted by atomic mass is 16.5. The van der Waals surface area contributed by atoms with E-state index in [0.717, 1.165) is 12.3 Å². The average molecular weight is 255 g/mol. The highest BCUT2D eigenvalue weighted by Crippen LogP contribution is 2.28. The molecule has 0 radical (unpaired) electrons. The summed E-state index contributed by atoms with van der Waals surface area (Å²) < 4.78 is 4.99. The van der Waals surface area contributed by atoms with Crippen LogP contribution in [0.15, 0.2) is 0 Å². The maximum absolute atomic E-state index is 11.4. The maximum Gasteiger partial charge on any atom is 0.307 e. The molecule has 0 aromatic rings. The highest BCUT2D eigenvalue weighted by Gasteiger charge is 2.24. The number of hydrogen-bond acceptors (Lipinski definition) is 3. The fourth-order valence-corrected chi connectivity index (χ4v) is 3.02. The minimum Gasteiger partial charge on any atom is -0.466 e. The Hall–Kier alpha value is -0.570. The molecule has 0 aromatic carbocycles. The molecule has 0 heterocycles. The summed E-state index contributed by atoms with van der Waals surface area (Å²) in [5, 5.41) is 3.62. The Balaban J connectivity index is 2.34. The molecule has 1 rings (SSSR count). The van der Waals surface area contributed by atoms with Crippen molar-refractivity contribution in [3.63, 3.8) is 0 Å². The van der Waals surface area contributed by atoms with E-state index in [4.69, 9.17) is 4.74 Å². The molecule has 2 unspecified atom stereocenters. The van der Waals surface area contributed by atoms with Gasteiger partial charge in [0.15, 0.2) is 0 Å². The van der Waals surface area contributed by atoms with Crippen molar-refractivity contribution in [2.45, 2.75) is 77.8 Å². The fraction of sp³-hybridized carbons (Fsp3) is 0.933. The van der Waals surface area contributed by atoms with E-state index in [0.29, 0.717) is 19.1 Å². The molecule has 1 saturated carbocycles. The van der Waals surface area contributed by atoms with E-state index < -0.39 is 0 Å². The Morgan fingerprint density at radius 1 is 1.28 bits per heavy atom. The van der Waals surface area contributed by atoms with E-state index in [9.17, 15) is 4.79 Å². The average Bonchev–Trinajstić information content (AvgIpc) is 2.37. The summed E-state index contributed by atoms with van der Waals surface area (Å²) in [5.74, 6) is 0.712. The number of hydrogen-bond donors (Lipinski definition) is 1. The molecule has 0 aliphatic heterocycles. The first-order valence-electron chi connectivity index (χ1n) is 7.59. The molecule has 0 spiro atoms. The Kier molecular flexibility index (Phi) is 7.33. The zero-order chi connectivity index (χ0) is 13.4. The van der Waals surface area contributed by atoms with Crippen LogP contribution in [-0.4, -0.2) is 24.7 Å². The van der Waals surface area contributed by atoms with Gasteiger partial charge in [-0.15, -0.1) is 0 Å².